The molecule has 3 N–H and O–H groups in total. The zero-order valence-corrected chi connectivity index (χ0v) is 25.5. The summed E-state index contributed by atoms with van der Waals surface area (Å²) >= 11 is 0. The number of amides is 3. The van der Waals surface area contributed by atoms with Crippen molar-refractivity contribution in [1.29, 1.82) is 0 Å². The van der Waals surface area contributed by atoms with Gasteiger partial charge in [-0.25, -0.2) is 9.78 Å². The number of hydrogen-bond donors (Lipinski definition) is 3. The molecule has 2 aliphatic heterocycles. The van der Waals surface area contributed by atoms with E-state index < -0.39 is 11.7 Å². The predicted molar refractivity (Wildman–Crippen MR) is 172 cm³/mol. The van der Waals surface area contributed by atoms with Crippen LogP contribution in [0.5, 0.6) is 5.75 Å². The molecule has 2 aromatic heterocycles. The maximum Gasteiger partial charge on any atom is 0.412 e. The Labute approximate surface area is 261 Å². The van der Waals surface area contributed by atoms with Crippen LogP contribution in [0.3, 0.4) is 0 Å². The number of rotatable bonds is 6. The Morgan fingerprint density at radius 1 is 0.933 bits per heavy atom. The Kier molecular flexibility index (Phi) is 7.84. The van der Waals surface area contributed by atoms with Gasteiger partial charge in [0.2, 0.25) is 5.91 Å². The Balaban J connectivity index is 1.12. The molecular weight excluding hydrogens is 572 g/mol. The van der Waals surface area contributed by atoms with E-state index in [-0.39, 0.29) is 17.9 Å². The molecule has 230 valence electrons. The first-order valence-corrected chi connectivity index (χ1v) is 14.8. The number of carbonyl (C=O) groups is 3. The van der Waals surface area contributed by atoms with E-state index in [0.29, 0.717) is 34.9 Å². The van der Waals surface area contributed by atoms with Crippen LogP contribution in [0.4, 0.5) is 33.4 Å². The van der Waals surface area contributed by atoms with E-state index in [2.05, 4.69) is 25.9 Å². The summed E-state index contributed by atoms with van der Waals surface area (Å²) in [5.41, 5.74) is 5.18. The highest BCUT2D eigenvalue weighted by Crippen LogP contribution is 2.44. The summed E-state index contributed by atoms with van der Waals surface area (Å²) in [6, 6.07) is 16.1. The summed E-state index contributed by atoms with van der Waals surface area (Å²) in [4.78, 5) is 47.8. The molecule has 2 aliphatic rings. The summed E-state index contributed by atoms with van der Waals surface area (Å²) in [6.07, 6.45) is 5.66. The van der Waals surface area contributed by atoms with Crippen LogP contribution in [0.1, 0.15) is 62.6 Å². The van der Waals surface area contributed by atoms with Crippen molar-refractivity contribution in [3.05, 3.63) is 84.3 Å². The molecule has 0 saturated carbocycles. The van der Waals surface area contributed by atoms with Crippen molar-refractivity contribution in [1.82, 2.24) is 9.97 Å². The van der Waals surface area contributed by atoms with Crippen LogP contribution >= 0.6 is 0 Å². The maximum absolute atomic E-state index is 12.9. The van der Waals surface area contributed by atoms with Crippen LogP contribution in [-0.2, 0) is 9.53 Å². The quantitative estimate of drug-likeness (QED) is 0.212. The van der Waals surface area contributed by atoms with E-state index in [4.69, 9.17) is 9.47 Å². The number of nitrogens with one attached hydrogen (secondary N) is 3. The van der Waals surface area contributed by atoms with Gasteiger partial charge in [0.05, 0.1) is 23.8 Å². The molecule has 1 atom stereocenters. The number of ether oxygens (including phenoxy) is 2. The van der Waals surface area contributed by atoms with Gasteiger partial charge in [0.25, 0.3) is 5.91 Å². The number of hydrogen-bond acceptors (Lipinski definition) is 8. The van der Waals surface area contributed by atoms with Gasteiger partial charge >= 0.3 is 6.09 Å². The average molecular weight is 607 g/mol. The van der Waals surface area contributed by atoms with Gasteiger partial charge in [-0.1, -0.05) is 0 Å². The van der Waals surface area contributed by atoms with Crippen molar-refractivity contribution in [2.24, 2.45) is 0 Å². The standard InChI is InChI=1S/C34H34N6O5/c1-20-27-16-30(36-19-28(27)26-12-11-25(15-29(26)44-20)40-13-5-6-31(40)41)37-23-14-24(18-35-17-23)38-32(42)21-7-9-22(10-8-21)39-33(43)45-34(2,3)4/h7-12,14-20H,5-6,13H2,1-4H3,(H,36,37)(H,38,42)(H,39,43). The fraction of sp³-hybridized carbons (Fsp3) is 0.265. The molecule has 4 heterocycles. The first-order valence-electron chi connectivity index (χ1n) is 14.8. The van der Waals surface area contributed by atoms with Crippen LogP contribution in [0, 0.1) is 0 Å². The van der Waals surface area contributed by atoms with Gasteiger partial charge in [-0.3, -0.25) is 19.9 Å². The second kappa shape index (κ2) is 11.9. The third-order valence-electron chi connectivity index (χ3n) is 7.38. The van der Waals surface area contributed by atoms with Crippen molar-refractivity contribution in [2.45, 2.75) is 52.2 Å². The lowest BCUT2D eigenvalue weighted by Crippen LogP contribution is -2.27. The zero-order chi connectivity index (χ0) is 31.7. The summed E-state index contributed by atoms with van der Waals surface area (Å²) in [5, 5.41) is 8.77. The molecule has 0 spiro atoms. The fourth-order valence-corrected chi connectivity index (χ4v) is 5.33. The molecule has 0 bridgehead atoms. The topological polar surface area (TPSA) is 135 Å². The van der Waals surface area contributed by atoms with Crippen LogP contribution in [0.2, 0.25) is 0 Å². The zero-order valence-electron chi connectivity index (χ0n) is 25.5. The third kappa shape index (κ3) is 6.72. The van der Waals surface area contributed by atoms with Crippen molar-refractivity contribution in [3.8, 4) is 16.9 Å². The summed E-state index contributed by atoms with van der Waals surface area (Å²) in [7, 11) is 0. The molecule has 45 heavy (non-hydrogen) atoms. The Morgan fingerprint density at radius 3 is 2.44 bits per heavy atom. The monoisotopic (exact) mass is 606 g/mol. The first-order chi connectivity index (χ1) is 21.5. The number of nitrogens with zero attached hydrogens (tertiary/aromatic N) is 3. The molecule has 1 unspecified atom stereocenters. The van der Waals surface area contributed by atoms with E-state index >= 15 is 0 Å². The molecule has 3 amide bonds. The Morgan fingerprint density at radius 2 is 1.71 bits per heavy atom. The fourth-order valence-electron chi connectivity index (χ4n) is 5.33. The number of aromatic nitrogens is 2. The van der Waals surface area contributed by atoms with E-state index in [9.17, 15) is 14.4 Å². The van der Waals surface area contributed by atoms with Gasteiger partial charge in [-0.05, 0) is 82.6 Å². The predicted octanol–water partition coefficient (Wildman–Crippen LogP) is 7.07. The lowest BCUT2D eigenvalue weighted by atomic mass is 9.94. The number of anilines is 5. The van der Waals surface area contributed by atoms with Crippen LogP contribution < -0.4 is 25.6 Å². The van der Waals surface area contributed by atoms with Gasteiger partial charge in [0.15, 0.2) is 0 Å². The molecule has 2 aromatic carbocycles. The third-order valence-corrected chi connectivity index (χ3v) is 7.38. The number of fused-ring (bicyclic) bond motifs is 3. The molecule has 1 fully saturated rings. The van der Waals surface area contributed by atoms with Gasteiger partial charge in [0.1, 0.15) is 23.3 Å². The highest BCUT2D eigenvalue weighted by Gasteiger charge is 2.27. The minimum Gasteiger partial charge on any atom is -0.485 e. The lowest BCUT2D eigenvalue weighted by Gasteiger charge is -2.28. The second-order valence-electron chi connectivity index (χ2n) is 12.0. The summed E-state index contributed by atoms with van der Waals surface area (Å²) < 4.78 is 11.5. The summed E-state index contributed by atoms with van der Waals surface area (Å²) in [6.45, 7) is 8.06. The normalized spacial score (nSPS) is 15.4. The largest absolute Gasteiger partial charge is 0.485 e. The van der Waals surface area contributed by atoms with E-state index in [1.807, 2.05) is 42.3 Å². The molecule has 11 heteroatoms. The van der Waals surface area contributed by atoms with Gasteiger partial charge in [0, 0.05) is 58.9 Å². The Hall–Kier alpha value is -5.45. The smallest absolute Gasteiger partial charge is 0.412 e. The number of benzene rings is 2. The van der Waals surface area contributed by atoms with Crippen molar-refractivity contribution >= 4 is 46.5 Å². The number of carbonyl (C=O) groups excluding carboxylic acids is 3. The molecule has 0 radical (unpaired) electrons. The molecule has 11 nitrogen and oxygen atoms in total. The Bertz CT molecular complexity index is 1780. The van der Waals surface area contributed by atoms with Crippen molar-refractivity contribution in [3.63, 3.8) is 0 Å². The van der Waals surface area contributed by atoms with Crippen molar-refractivity contribution in [2.75, 3.05) is 27.4 Å². The second-order valence-corrected chi connectivity index (χ2v) is 12.0. The van der Waals surface area contributed by atoms with E-state index in [0.717, 1.165) is 41.1 Å². The maximum atomic E-state index is 12.9. The average Bonchev–Trinajstić information content (AvgIpc) is 3.42. The molecular formula is C34H34N6O5. The van der Waals surface area contributed by atoms with Crippen LogP contribution in [0.15, 0.2) is 73.2 Å². The van der Waals surface area contributed by atoms with E-state index in [1.165, 1.54) is 0 Å². The minimum absolute atomic E-state index is 0.137. The van der Waals surface area contributed by atoms with Gasteiger partial charge < -0.3 is 25.0 Å². The van der Waals surface area contributed by atoms with Crippen LogP contribution in [0.25, 0.3) is 11.1 Å². The minimum atomic E-state index is -0.613. The van der Waals surface area contributed by atoms with Gasteiger partial charge in [-0.15, -0.1) is 0 Å². The van der Waals surface area contributed by atoms with Crippen LogP contribution in [-0.4, -0.2) is 40.0 Å². The first kappa shape index (κ1) is 29.6. The highest BCUT2D eigenvalue weighted by molar-refractivity contribution is 6.04. The SMILES string of the molecule is CC1Oc2cc(N3CCCC3=O)ccc2-c2cnc(Nc3cncc(NC(=O)c4ccc(NC(=O)OC(C)(C)C)cc4)c3)cc21. The molecule has 6 rings (SSSR count). The lowest BCUT2D eigenvalue weighted by molar-refractivity contribution is -0.117. The molecule has 4 aromatic rings. The van der Waals surface area contributed by atoms with Gasteiger partial charge in [-0.2, -0.15) is 0 Å². The molecule has 0 aliphatic carbocycles. The van der Waals surface area contributed by atoms with E-state index in [1.54, 1.807) is 63.5 Å². The highest BCUT2D eigenvalue weighted by atomic mass is 16.6. The van der Waals surface area contributed by atoms with Crippen molar-refractivity contribution < 1.29 is 23.9 Å². The molecule has 1 saturated heterocycles. The number of pyridine rings is 2. The summed E-state index contributed by atoms with van der Waals surface area (Å²) in [5.74, 6) is 1.14.